The summed E-state index contributed by atoms with van der Waals surface area (Å²) < 4.78 is 13.9. The Labute approximate surface area is 202 Å². The lowest BCUT2D eigenvalue weighted by Crippen LogP contribution is -2.23. The van der Waals surface area contributed by atoms with Gasteiger partial charge in [-0.25, -0.2) is 4.98 Å². The number of hydrogen-bond donors (Lipinski definition) is 0. The topological polar surface area (TPSA) is 89.5 Å². The zero-order chi connectivity index (χ0) is 23.3. The number of benzene rings is 2. The zero-order valence-electron chi connectivity index (χ0n) is 17.9. The van der Waals surface area contributed by atoms with Gasteiger partial charge in [0, 0.05) is 20.4 Å². The Morgan fingerprint density at radius 3 is 2.66 bits per heavy atom. The van der Waals surface area contributed by atoms with Crippen LogP contribution in [0.1, 0.15) is 44.5 Å². The maximum absolute atomic E-state index is 13.3. The molecular weight excluding hydrogens is 540 g/mol. The molecule has 3 aromatic rings. The Balaban J connectivity index is 2.13. The second kappa shape index (κ2) is 10.7. The van der Waals surface area contributed by atoms with Gasteiger partial charge in [0.15, 0.2) is 18.1 Å². The van der Waals surface area contributed by atoms with Gasteiger partial charge in [-0.15, -0.1) is 0 Å². The van der Waals surface area contributed by atoms with E-state index in [4.69, 9.17) is 19.7 Å². The van der Waals surface area contributed by atoms with Crippen molar-refractivity contribution in [3.8, 4) is 17.6 Å². The summed E-state index contributed by atoms with van der Waals surface area (Å²) in [5, 5.41) is 13.8. The maximum atomic E-state index is 13.3. The highest BCUT2D eigenvalue weighted by molar-refractivity contribution is 9.10. The van der Waals surface area contributed by atoms with Gasteiger partial charge in [-0.3, -0.25) is 4.79 Å². The third kappa shape index (κ3) is 5.19. The van der Waals surface area contributed by atoms with E-state index in [0.717, 1.165) is 10.9 Å². The van der Waals surface area contributed by atoms with E-state index in [9.17, 15) is 4.79 Å². The molecule has 0 fully saturated rings. The summed E-state index contributed by atoms with van der Waals surface area (Å²) in [5.41, 5.74) is 1.09. The number of nitriles is 1. The molecule has 9 heteroatoms. The number of hydrogen-bond acceptors (Lipinski definition) is 6. The van der Waals surface area contributed by atoms with Gasteiger partial charge in [0.1, 0.15) is 11.9 Å². The number of ether oxygens (including phenoxy) is 2. The van der Waals surface area contributed by atoms with Gasteiger partial charge in [-0.2, -0.15) is 15.0 Å². The molecule has 1 atom stereocenters. The van der Waals surface area contributed by atoms with Gasteiger partial charge in [0.05, 0.1) is 23.7 Å². The summed E-state index contributed by atoms with van der Waals surface area (Å²) >= 11 is 6.93. The molecule has 0 aliphatic rings. The SMILES string of the molecule is CCOc1cc(C=Nn2c([C@@H](C)CC)nc3ccc(Br)cc3c2=O)c(Br)cc1OCC#N. The van der Waals surface area contributed by atoms with Crippen molar-refractivity contribution in [1.82, 2.24) is 9.66 Å². The Morgan fingerprint density at radius 1 is 1.22 bits per heavy atom. The van der Waals surface area contributed by atoms with Gasteiger partial charge in [-0.1, -0.05) is 29.8 Å². The normalized spacial score (nSPS) is 12.1. The van der Waals surface area contributed by atoms with Crippen LogP contribution in [-0.4, -0.2) is 29.1 Å². The predicted octanol–water partition coefficient (Wildman–Crippen LogP) is 5.62. The van der Waals surface area contributed by atoms with E-state index in [1.165, 1.54) is 4.68 Å². The van der Waals surface area contributed by atoms with Crippen molar-refractivity contribution < 1.29 is 9.47 Å². The highest BCUT2D eigenvalue weighted by Gasteiger charge is 2.16. The number of halogens is 2. The highest BCUT2D eigenvalue weighted by atomic mass is 79.9. The minimum atomic E-state index is -0.238. The van der Waals surface area contributed by atoms with E-state index in [1.807, 2.05) is 39.0 Å². The maximum Gasteiger partial charge on any atom is 0.282 e. The highest BCUT2D eigenvalue weighted by Crippen LogP contribution is 2.33. The smallest absolute Gasteiger partial charge is 0.282 e. The van der Waals surface area contributed by atoms with Crippen molar-refractivity contribution in [3.05, 3.63) is 61.0 Å². The minimum Gasteiger partial charge on any atom is -0.490 e. The Hall–Kier alpha value is -2.70. The third-order valence-corrected chi connectivity index (χ3v) is 6.03. The average molecular weight is 562 g/mol. The first-order valence-corrected chi connectivity index (χ1v) is 11.7. The van der Waals surface area contributed by atoms with Crippen LogP contribution < -0.4 is 15.0 Å². The van der Waals surface area contributed by atoms with Crippen LogP contribution >= 0.6 is 31.9 Å². The van der Waals surface area contributed by atoms with Crippen molar-refractivity contribution >= 4 is 49.0 Å². The van der Waals surface area contributed by atoms with E-state index in [0.29, 0.717) is 44.9 Å². The van der Waals surface area contributed by atoms with Crippen LogP contribution in [0.2, 0.25) is 0 Å². The minimum absolute atomic E-state index is 0.0390. The number of rotatable bonds is 8. The lowest BCUT2D eigenvalue weighted by Gasteiger charge is -2.14. The Kier molecular flexibility index (Phi) is 8.04. The molecule has 7 nitrogen and oxygen atoms in total. The third-order valence-electron chi connectivity index (χ3n) is 4.85. The van der Waals surface area contributed by atoms with Gasteiger partial charge < -0.3 is 9.47 Å². The molecule has 0 unspecified atom stereocenters. The van der Waals surface area contributed by atoms with Crippen LogP contribution in [0.5, 0.6) is 11.5 Å². The van der Waals surface area contributed by atoms with Gasteiger partial charge >= 0.3 is 0 Å². The molecule has 1 heterocycles. The zero-order valence-corrected chi connectivity index (χ0v) is 21.1. The standard InChI is InChI=1S/C23H22Br2N4O3/c1-4-14(3)22-28-19-7-6-16(24)11-17(19)23(30)29(22)27-13-15-10-20(31-5-2)21(12-18(15)25)32-9-8-26/h6-7,10-14H,4-5,9H2,1-3H3/t14-/m0/s1. The molecule has 0 aliphatic heterocycles. The largest absolute Gasteiger partial charge is 0.490 e. The van der Waals surface area contributed by atoms with Crippen molar-refractivity contribution in [2.24, 2.45) is 5.10 Å². The molecule has 3 rings (SSSR count). The first-order chi connectivity index (χ1) is 15.4. The van der Waals surface area contributed by atoms with Crippen LogP contribution in [0.4, 0.5) is 0 Å². The second-order valence-corrected chi connectivity index (χ2v) is 8.77. The van der Waals surface area contributed by atoms with E-state index in [1.54, 1.807) is 24.4 Å². The molecule has 0 bridgehead atoms. The van der Waals surface area contributed by atoms with E-state index >= 15 is 0 Å². The fraction of sp³-hybridized carbons (Fsp3) is 0.304. The van der Waals surface area contributed by atoms with E-state index in [-0.39, 0.29) is 18.1 Å². The fourth-order valence-electron chi connectivity index (χ4n) is 3.04. The molecule has 0 aliphatic carbocycles. The molecule has 0 N–H and O–H groups in total. The molecule has 0 radical (unpaired) electrons. The van der Waals surface area contributed by atoms with Crippen molar-refractivity contribution in [2.75, 3.05) is 13.2 Å². The van der Waals surface area contributed by atoms with E-state index < -0.39 is 0 Å². The molecule has 0 amide bonds. The van der Waals surface area contributed by atoms with Crippen LogP contribution in [-0.2, 0) is 0 Å². The molecule has 2 aromatic carbocycles. The second-order valence-electron chi connectivity index (χ2n) is 7.00. The number of aromatic nitrogens is 2. The van der Waals surface area contributed by atoms with Crippen LogP contribution in [0.25, 0.3) is 10.9 Å². The van der Waals surface area contributed by atoms with Crippen LogP contribution in [0.3, 0.4) is 0 Å². The van der Waals surface area contributed by atoms with Crippen molar-refractivity contribution in [3.63, 3.8) is 0 Å². The van der Waals surface area contributed by atoms with Gasteiger partial charge in [0.25, 0.3) is 5.56 Å². The van der Waals surface area contributed by atoms with Gasteiger partial charge in [0.2, 0.25) is 0 Å². The molecular formula is C23H22Br2N4O3. The molecule has 0 saturated carbocycles. The summed E-state index contributed by atoms with van der Waals surface area (Å²) in [4.78, 5) is 18.0. The Bertz CT molecular complexity index is 1260. The summed E-state index contributed by atoms with van der Waals surface area (Å²) in [6.45, 7) is 6.26. The number of fused-ring (bicyclic) bond motifs is 1. The van der Waals surface area contributed by atoms with Gasteiger partial charge in [-0.05, 0) is 59.6 Å². The first kappa shape index (κ1) is 24.0. The first-order valence-electron chi connectivity index (χ1n) is 10.1. The van der Waals surface area contributed by atoms with Crippen molar-refractivity contribution in [2.45, 2.75) is 33.1 Å². The van der Waals surface area contributed by atoms with Crippen LogP contribution in [0, 0.1) is 11.3 Å². The molecule has 166 valence electrons. The lowest BCUT2D eigenvalue weighted by atomic mass is 10.1. The summed E-state index contributed by atoms with van der Waals surface area (Å²) in [5.74, 6) is 1.57. The lowest BCUT2D eigenvalue weighted by molar-refractivity contribution is 0.298. The quantitative estimate of drug-likeness (QED) is 0.333. The monoisotopic (exact) mass is 560 g/mol. The summed E-state index contributed by atoms with van der Waals surface area (Å²) in [7, 11) is 0. The summed E-state index contributed by atoms with van der Waals surface area (Å²) in [6.07, 6.45) is 2.40. The van der Waals surface area contributed by atoms with Crippen molar-refractivity contribution in [1.29, 1.82) is 5.26 Å². The Morgan fingerprint density at radius 2 is 1.97 bits per heavy atom. The summed E-state index contributed by atoms with van der Waals surface area (Å²) in [6, 6.07) is 10.9. The molecule has 0 saturated heterocycles. The molecule has 0 spiro atoms. The molecule has 1 aromatic heterocycles. The number of nitrogens with zero attached hydrogens (tertiary/aromatic N) is 4. The predicted molar refractivity (Wildman–Crippen MR) is 132 cm³/mol. The average Bonchev–Trinajstić information content (AvgIpc) is 2.78. The fourth-order valence-corrected chi connectivity index (χ4v) is 3.83. The van der Waals surface area contributed by atoms with E-state index in [2.05, 4.69) is 37.0 Å². The van der Waals surface area contributed by atoms with Crippen LogP contribution in [0.15, 0.2) is 49.2 Å². The molecule has 32 heavy (non-hydrogen) atoms.